The normalized spacial score (nSPS) is 21.9. The number of aryl methyl sites for hydroxylation is 1. The maximum absolute atomic E-state index is 12.2. The number of nitrogens with zero attached hydrogens (tertiary/aromatic N) is 1. The van der Waals surface area contributed by atoms with E-state index in [1.807, 2.05) is 17.5 Å². The molecule has 2 fully saturated rings. The van der Waals surface area contributed by atoms with E-state index < -0.39 is 10.0 Å². The van der Waals surface area contributed by atoms with Gasteiger partial charge in [0.1, 0.15) is 0 Å². The van der Waals surface area contributed by atoms with E-state index in [0.29, 0.717) is 6.42 Å². The molecule has 2 aliphatic rings. The predicted octanol–water partition coefficient (Wildman–Crippen LogP) is 2.86. The monoisotopic (exact) mass is 356 g/mol. The molecule has 0 radical (unpaired) electrons. The van der Waals surface area contributed by atoms with E-state index in [1.165, 1.54) is 32.2 Å². The Morgan fingerprint density at radius 3 is 2.57 bits per heavy atom. The highest BCUT2D eigenvalue weighted by atomic mass is 32.2. The fourth-order valence-corrected chi connectivity index (χ4v) is 5.98. The van der Waals surface area contributed by atoms with E-state index in [0.717, 1.165) is 36.7 Å². The van der Waals surface area contributed by atoms with Gasteiger partial charge in [0.05, 0.1) is 5.75 Å². The Morgan fingerprint density at radius 2 is 1.91 bits per heavy atom. The van der Waals surface area contributed by atoms with Gasteiger partial charge in [-0.1, -0.05) is 18.9 Å². The van der Waals surface area contributed by atoms with Gasteiger partial charge in [0.25, 0.3) is 0 Å². The lowest BCUT2D eigenvalue weighted by Crippen LogP contribution is -2.46. The number of piperidine rings is 1. The van der Waals surface area contributed by atoms with Crippen LogP contribution < -0.4 is 4.72 Å². The predicted molar refractivity (Wildman–Crippen MR) is 96.4 cm³/mol. The Morgan fingerprint density at radius 1 is 1.17 bits per heavy atom. The van der Waals surface area contributed by atoms with Crippen LogP contribution in [0.2, 0.25) is 0 Å². The Bertz CT molecular complexity index is 557. The molecule has 1 saturated heterocycles. The second kappa shape index (κ2) is 8.10. The van der Waals surface area contributed by atoms with Gasteiger partial charge in [0, 0.05) is 17.5 Å². The number of nitrogens with one attached hydrogen (secondary N) is 1. The number of hydrogen-bond acceptors (Lipinski definition) is 4. The lowest BCUT2D eigenvalue weighted by molar-refractivity contribution is 0.180. The first-order valence-corrected chi connectivity index (χ1v) is 11.4. The van der Waals surface area contributed by atoms with Crippen molar-refractivity contribution in [3.8, 4) is 0 Å². The molecule has 1 aromatic rings. The lowest BCUT2D eigenvalue weighted by Gasteiger charge is -2.33. The molecule has 0 bridgehead atoms. The molecule has 0 spiro atoms. The second-order valence-corrected chi connectivity index (χ2v) is 9.90. The Hall–Kier alpha value is -0.430. The third-order valence-electron chi connectivity index (χ3n) is 5.12. The molecule has 1 N–H and O–H groups in total. The van der Waals surface area contributed by atoms with Gasteiger partial charge >= 0.3 is 0 Å². The van der Waals surface area contributed by atoms with Gasteiger partial charge in [0.15, 0.2) is 0 Å². The fourth-order valence-electron chi connectivity index (χ4n) is 3.79. The Kier molecular flexibility index (Phi) is 6.13. The van der Waals surface area contributed by atoms with Crippen LogP contribution in [0.25, 0.3) is 0 Å². The standard InChI is InChI=1S/C17H28N2O2S2/c20-23(21,13-9-17-6-3-12-22-17)18-16-7-10-19(11-8-16)14-15-4-1-2-5-15/h3,6,12,15-16,18H,1-2,4-5,7-11,13-14H2. The summed E-state index contributed by atoms with van der Waals surface area (Å²) in [5, 5.41) is 2.00. The van der Waals surface area contributed by atoms with Crippen LogP contribution in [-0.2, 0) is 16.4 Å². The number of rotatable bonds is 7. The van der Waals surface area contributed by atoms with E-state index >= 15 is 0 Å². The molecule has 4 nitrogen and oxygen atoms in total. The first-order chi connectivity index (χ1) is 11.1. The zero-order chi connectivity index (χ0) is 16.1. The summed E-state index contributed by atoms with van der Waals surface area (Å²) in [6.07, 6.45) is 8.07. The van der Waals surface area contributed by atoms with Crippen LogP contribution in [0.4, 0.5) is 0 Å². The average molecular weight is 357 g/mol. The molecular formula is C17H28N2O2S2. The molecule has 1 aliphatic heterocycles. The third-order valence-corrected chi connectivity index (χ3v) is 7.49. The number of hydrogen-bond donors (Lipinski definition) is 1. The summed E-state index contributed by atoms with van der Waals surface area (Å²) in [6.45, 7) is 3.29. The molecule has 2 heterocycles. The molecular weight excluding hydrogens is 328 g/mol. The largest absolute Gasteiger partial charge is 0.303 e. The maximum Gasteiger partial charge on any atom is 0.212 e. The van der Waals surface area contributed by atoms with Gasteiger partial charge in [-0.15, -0.1) is 11.3 Å². The van der Waals surface area contributed by atoms with E-state index in [-0.39, 0.29) is 11.8 Å². The van der Waals surface area contributed by atoms with Crippen LogP contribution in [0.1, 0.15) is 43.4 Å². The zero-order valence-corrected chi connectivity index (χ0v) is 15.4. The van der Waals surface area contributed by atoms with Gasteiger partial charge in [-0.2, -0.15) is 0 Å². The fraction of sp³-hybridized carbons (Fsp3) is 0.765. The molecule has 3 rings (SSSR count). The van der Waals surface area contributed by atoms with Gasteiger partial charge < -0.3 is 4.90 Å². The minimum atomic E-state index is -3.16. The van der Waals surface area contributed by atoms with E-state index in [9.17, 15) is 8.42 Å². The van der Waals surface area contributed by atoms with Crippen LogP contribution in [-0.4, -0.2) is 44.7 Å². The van der Waals surface area contributed by atoms with Crippen molar-refractivity contribution in [1.29, 1.82) is 0 Å². The Balaban J connectivity index is 1.38. The van der Waals surface area contributed by atoms with Crippen molar-refractivity contribution in [2.45, 2.75) is 51.0 Å². The van der Waals surface area contributed by atoms with Crippen molar-refractivity contribution in [2.75, 3.05) is 25.4 Å². The van der Waals surface area contributed by atoms with Crippen molar-refractivity contribution >= 4 is 21.4 Å². The van der Waals surface area contributed by atoms with Crippen molar-refractivity contribution in [3.05, 3.63) is 22.4 Å². The van der Waals surface area contributed by atoms with Crippen molar-refractivity contribution < 1.29 is 8.42 Å². The molecule has 0 aromatic carbocycles. The van der Waals surface area contributed by atoms with Gasteiger partial charge in [0.2, 0.25) is 10.0 Å². The number of thiophene rings is 1. The first kappa shape index (κ1) is 17.4. The first-order valence-electron chi connectivity index (χ1n) is 8.85. The average Bonchev–Trinajstić information content (AvgIpc) is 3.20. The summed E-state index contributed by atoms with van der Waals surface area (Å²) < 4.78 is 27.4. The Labute approximate surface area is 144 Å². The molecule has 1 aromatic heterocycles. The minimum absolute atomic E-state index is 0.128. The molecule has 1 aliphatic carbocycles. The highest BCUT2D eigenvalue weighted by molar-refractivity contribution is 7.89. The third kappa shape index (κ3) is 5.55. The topological polar surface area (TPSA) is 49.4 Å². The number of sulfonamides is 1. The van der Waals surface area contributed by atoms with Crippen LogP contribution in [0.15, 0.2) is 17.5 Å². The van der Waals surface area contributed by atoms with Crippen LogP contribution in [0.5, 0.6) is 0 Å². The second-order valence-electron chi connectivity index (χ2n) is 6.99. The number of likely N-dealkylation sites (tertiary alicyclic amines) is 1. The maximum atomic E-state index is 12.2. The van der Waals surface area contributed by atoms with Crippen molar-refractivity contribution in [3.63, 3.8) is 0 Å². The summed E-state index contributed by atoms with van der Waals surface area (Å²) in [5.41, 5.74) is 0. The van der Waals surface area contributed by atoms with Gasteiger partial charge in [-0.05, 0) is 62.6 Å². The van der Waals surface area contributed by atoms with Gasteiger partial charge in [-0.3, -0.25) is 0 Å². The molecule has 130 valence electrons. The molecule has 0 unspecified atom stereocenters. The highest BCUT2D eigenvalue weighted by Gasteiger charge is 2.25. The van der Waals surface area contributed by atoms with Crippen molar-refractivity contribution in [1.82, 2.24) is 9.62 Å². The van der Waals surface area contributed by atoms with Crippen LogP contribution in [0.3, 0.4) is 0 Å². The smallest absolute Gasteiger partial charge is 0.212 e. The van der Waals surface area contributed by atoms with E-state index in [1.54, 1.807) is 11.3 Å². The van der Waals surface area contributed by atoms with Crippen molar-refractivity contribution in [2.24, 2.45) is 5.92 Å². The SMILES string of the molecule is O=S(=O)(CCc1cccs1)NC1CCN(CC2CCCC2)CC1. The van der Waals surface area contributed by atoms with E-state index in [2.05, 4.69) is 9.62 Å². The molecule has 0 amide bonds. The minimum Gasteiger partial charge on any atom is -0.303 e. The highest BCUT2D eigenvalue weighted by Crippen LogP contribution is 2.26. The summed E-state index contributed by atoms with van der Waals surface area (Å²) in [4.78, 5) is 3.67. The molecule has 6 heteroatoms. The van der Waals surface area contributed by atoms with Crippen LogP contribution in [0, 0.1) is 5.92 Å². The summed E-state index contributed by atoms with van der Waals surface area (Å²) in [5.74, 6) is 1.09. The summed E-state index contributed by atoms with van der Waals surface area (Å²) >= 11 is 1.63. The lowest BCUT2D eigenvalue weighted by atomic mass is 10.0. The van der Waals surface area contributed by atoms with Gasteiger partial charge in [-0.25, -0.2) is 13.1 Å². The van der Waals surface area contributed by atoms with E-state index in [4.69, 9.17) is 0 Å². The zero-order valence-electron chi connectivity index (χ0n) is 13.7. The van der Waals surface area contributed by atoms with Crippen LogP contribution >= 0.6 is 11.3 Å². The molecule has 1 saturated carbocycles. The molecule has 23 heavy (non-hydrogen) atoms. The summed E-state index contributed by atoms with van der Waals surface area (Å²) in [7, 11) is -3.16. The quantitative estimate of drug-likeness (QED) is 0.817. The summed E-state index contributed by atoms with van der Waals surface area (Å²) in [6, 6.07) is 4.10. The molecule has 0 atom stereocenters.